The van der Waals surface area contributed by atoms with Crippen LogP contribution in [0.15, 0.2) is 12.3 Å². The molecule has 0 saturated carbocycles. The van der Waals surface area contributed by atoms with Gasteiger partial charge in [-0.2, -0.15) is 0 Å². The van der Waals surface area contributed by atoms with Gasteiger partial charge in [0.1, 0.15) is 0 Å². The number of aromatic nitrogens is 1. The highest BCUT2D eigenvalue weighted by atomic mass is 35.5. The smallest absolute Gasteiger partial charge is 0.303 e. The second-order valence-corrected chi connectivity index (χ2v) is 6.10. The molecule has 1 fully saturated rings. The normalized spacial score (nSPS) is 20.0. The van der Waals surface area contributed by atoms with Gasteiger partial charge in [0.25, 0.3) is 0 Å². The van der Waals surface area contributed by atoms with Crippen molar-refractivity contribution in [3.8, 4) is 0 Å². The maximum Gasteiger partial charge on any atom is 0.303 e. The molecule has 4 nitrogen and oxygen atoms in total. The average Bonchev–Trinajstić information content (AvgIpc) is 2.40. The number of nitrogens with zero attached hydrogens (tertiary/aromatic N) is 2. The lowest BCUT2D eigenvalue weighted by molar-refractivity contribution is -0.137. The Morgan fingerprint density at radius 1 is 1.50 bits per heavy atom. The maximum atomic E-state index is 10.6. The first-order valence-electron chi connectivity index (χ1n) is 6.78. The molecule has 1 aliphatic rings. The van der Waals surface area contributed by atoms with Crippen molar-refractivity contribution < 1.29 is 9.90 Å². The second-order valence-electron chi connectivity index (χ2n) is 5.26. The predicted octanol–water partition coefficient (Wildman–Crippen LogP) is 3.47. The van der Waals surface area contributed by atoms with Crippen molar-refractivity contribution in [3.05, 3.63) is 28.0 Å². The summed E-state index contributed by atoms with van der Waals surface area (Å²) in [6, 6.07) is 1.71. The van der Waals surface area contributed by atoms with Gasteiger partial charge in [-0.25, -0.2) is 0 Å². The Kier molecular flexibility index (Phi) is 5.64. The topological polar surface area (TPSA) is 53.4 Å². The number of hydrogen-bond acceptors (Lipinski definition) is 3. The number of carboxylic acids is 1. The monoisotopic (exact) mass is 316 g/mol. The Morgan fingerprint density at radius 2 is 2.30 bits per heavy atom. The van der Waals surface area contributed by atoms with Crippen LogP contribution in [0.4, 0.5) is 0 Å². The van der Waals surface area contributed by atoms with Crippen LogP contribution in [0.3, 0.4) is 0 Å². The molecule has 110 valence electrons. The highest BCUT2D eigenvalue weighted by Gasteiger charge is 2.21. The summed E-state index contributed by atoms with van der Waals surface area (Å²) in [4.78, 5) is 17.2. The summed E-state index contributed by atoms with van der Waals surface area (Å²) >= 11 is 12.0. The predicted molar refractivity (Wildman–Crippen MR) is 79.1 cm³/mol. The molecule has 2 rings (SSSR count). The molecule has 0 aromatic carbocycles. The summed E-state index contributed by atoms with van der Waals surface area (Å²) in [6.07, 6.45) is 4.79. The van der Waals surface area contributed by atoms with Gasteiger partial charge < -0.3 is 5.11 Å². The summed E-state index contributed by atoms with van der Waals surface area (Å²) in [7, 11) is 0. The molecule has 0 radical (unpaired) electrons. The van der Waals surface area contributed by atoms with Crippen LogP contribution < -0.4 is 0 Å². The van der Waals surface area contributed by atoms with Gasteiger partial charge >= 0.3 is 5.97 Å². The minimum absolute atomic E-state index is 0.248. The first-order valence-corrected chi connectivity index (χ1v) is 7.54. The molecule has 1 aromatic heterocycles. The molecule has 2 heterocycles. The zero-order valence-electron chi connectivity index (χ0n) is 11.2. The molecule has 0 aliphatic carbocycles. The minimum atomic E-state index is -0.718. The van der Waals surface area contributed by atoms with Gasteiger partial charge in [0.15, 0.2) is 0 Å². The lowest BCUT2D eigenvalue weighted by Gasteiger charge is -2.32. The van der Waals surface area contributed by atoms with Crippen molar-refractivity contribution in [1.82, 2.24) is 9.88 Å². The van der Waals surface area contributed by atoms with Crippen molar-refractivity contribution in [1.29, 1.82) is 0 Å². The van der Waals surface area contributed by atoms with Crippen LogP contribution in [0.5, 0.6) is 0 Å². The van der Waals surface area contributed by atoms with E-state index in [4.69, 9.17) is 28.3 Å². The standard InChI is InChI=1S/C14H18Cl2N2O2/c15-11-6-12(16)13(17-7-11)9-18-5-1-2-10(8-18)3-4-14(19)20/h6-7,10H,1-5,8-9H2,(H,19,20). The van der Waals surface area contributed by atoms with E-state index in [0.717, 1.165) is 38.0 Å². The Hall–Kier alpha value is -0.840. The SMILES string of the molecule is O=C(O)CCC1CCCN(Cc2ncc(Cl)cc2Cl)C1. The lowest BCUT2D eigenvalue weighted by atomic mass is 9.93. The van der Waals surface area contributed by atoms with Crippen LogP contribution in [0, 0.1) is 5.92 Å². The van der Waals surface area contributed by atoms with E-state index < -0.39 is 5.97 Å². The molecule has 0 bridgehead atoms. The highest BCUT2D eigenvalue weighted by molar-refractivity contribution is 6.34. The minimum Gasteiger partial charge on any atom is -0.481 e. The zero-order chi connectivity index (χ0) is 14.5. The third-order valence-corrected chi connectivity index (χ3v) is 4.16. The van der Waals surface area contributed by atoms with E-state index in [-0.39, 0.29) is 6.42 Å². The number of carboxylic acid groups (broad SMARTS) is 1. The lowest BCUT2D eigenvalue weighted by Crippen LogP contribution is -2.35. The first kappa shape index (κ1) is 15.5. The van der Waals surface area contributed by atoms with E-state index in [0.29, 0.717) is 22.5 Å². The molecular formula is C14H18Cl2N2O2. The highest BCUT2D eigenvalue weighted by Crippen LogP contribution is 2.25. The summed E-state index contributed by atoms with van der Waals surface area (Å²) < 4.78 is 0. The summed E-state index contributed by atoms with van der Waals surface area (Å²) in [5, 5.41) is 9.88. The largest absolute Gasteiger partial charge is 0.481 e. The van der Waals surface area contributed by atoms with Gasteiger partial charge in [0, 0.05) is 25.7 Å². The van der Waals surface area contributed by atoms with E-state index in [1.807, 2.05) is 0 Å². The number of likely N-dealkylation sites (tertiary alicyclic amines) is 1. The molecule has 1 atom stereocenters. The summed E-state index contributed by atoms with van der Waals surface area (Å²) in [5.41, 5.74) is 0.829. The van der Waals surface area contributed by atoms with Crippen LogP contribution in [-0.2, 0) is 11.3 Å². The van der Waals surface area contributed by atoms with E-state index >= 15 is 0 Å². The van der Waals surface area contributed by atoms with Crippen molar-refractivity contribution in [2.24, 2.45) is 5.92 Å². The molecule has 20 heavy (non-hydrogen) atoms. The average molecular weight is 317 g/mol. The van der Waals surface area contributed by atoms with Crippen molar-refractivity contribution >= 4 is 29.2 Å². The van der Waals surface area contributed by atoms with Gasteiger partial charge in [-0.15, -0.1) is 0 Å². The molecular weight excluding hydrogens is 299 g/mol. The quantitative estimate of drug-likeness (QED) is 0.903. The van der Waals surface area contributed by atoms with Crippen molar-refractivity contribution in [2.45, 2.75) is 32.2 Å². The Labute approximate surface area is 128 Å². The number of pyridine rings is 1. The van der Waals surface area contributed by atoms with E-state index in [2.05, 4.69) is 9.88 Å². The van der Waals surface area contributed by atoms with Crippen molar-refractivity contribution in [2.75, 3.05) is 13.1 Å². The van der Waals surface area contributed by atoms with Crippen LogP contribution in [0.25, 0.3) is 0 Å². The van der Waals surface area contributed by atoms with Crippen LogP contribution in [0.2, 0.25) is 10.0 Å². The molecule has 1 aliphatic heterocycles. The summed E-state index contributed by atoms with van der Waals surface area (Å²) in [5.74, 6) is -0.268. The van der Waals surface area contributed by atoms with Gasteiger partial charge in [-0.1, -0.05) is 23.2 Å². The van der Waals surface area contributed by atoms with Gasteiger partial charge in [0.2, 0.25) is 0 Å². The number of hydrogen-bond donors (Lipinski definition) is 1. The second kappa shape index (κ2) is 7.25. The van der Waals surface area contributed by atoms with Gasteiger partial charge in [-0.05, 0) is 37.8 Å². The Balaban J connectivity index is 1.90. The molecule has 0 amide bonds. The Bertz CT molecular complexity index is 482. The third kappa shape index (κ3) is 4.62. The number of carbonyl (C=O) groups is 1. The first-order chi connectivity index (χ1) is 9.54. The number of rotatable bonds is 5. The van der Waals surface area contributed by atoms with Crippen molar-refractivity contribution in [3.63, 3.8) is 0 Å². The molecule has 6 heteroatoms. The van der Waals surface area contributed by atoms with Crippen LogP contribution in [-0.4, -0.2) is 34.0 Å². The zero-order valence-corrected chi connectivity index (χ0v) is 12.7. The van der Waals surface area contributed by atoms with E-state index in [1.54, 1.807) is 12.3 Å². The number of piperidine rings is 1. The Morgan fingerprint density at radius 3 is 3.00 bits per heavy atom. The summed E-state index contributed by atoms with van der Waals surface area (Å²) in [6.45, 7) is 2.61. The van der Waals surface area contributed by atoms with Gasteiger partial charge in [0.05, 0.1) is 15.7 Å². The van der Waals surface area contributed by atoms with E-state index in [1.165, 1.54) is 0 Å². The fourth-order valence-corrected chi connectivity index (χ4v) is 3.07. The molecule has 1 unspecified atom stereocenters. The molecule has 1 N–H and O–H groups in total. The fraction of sp³-hybridized carbons (Fsp3) is 0.571. The number of aliphatic carboxylic acids is 1. The molecule has 0 spiro atoms. The number of halogens is 2. The van der Waals surface area contributed by atoms with E-state index in [9.17, 15) is 4.79 Å². The van der Waals surface area contributed by atoms with Crippen LogP contribution >= 0.6 is 23.2 Å². The maximum absolute atomic E-state index is 10.6. The third-order valence-electron chi connectivity index (χ3n) is 3.63. The molecule has 1 aromatic rings. The fourth-order valence-electron chi connectivity index (χ4n) is 2.63. The molecule has 1 saturated heterocycles. The van der Waals surface area contributed by atoms with Crippen LogP contribution in [0.1, 0.15) is 31.4 Å². The van der Waals surface area contributed by atoms with Gasteiger partial charge in [-0.3, -0.25) is 14.7 Å².